The summed E-state index contributed by atoms with van der Waals surface area (Å²) < 4.78 is 0. The lowest BCUT2D eigenvalue weighted by molar-refractivity contribution is -0.131. The molecule has 218 valence electrons. The summed E-state index contributed by atoms with van der Waals surface area (Å²) in [7, 11) is 0. The quantitative estimate of drug-likeness (QED) is 0.0901. The Kier molecular flexibility index (Phi) is 28.1. The molecule has 0 unspecified atom stereocenters. The van der Waals surface area contributed by atoms with Crippen LogP contribution in [0, 0.1) is 23.7 Å². The second-order valence-electron chi connectivity index (χ2n) is 10.8. The molecule has 0 aromatic heterocycles. The monoisotopic (exact) mass is 528 g/mol. The molecule has 0 fully saturated rings. The molecule has 0 aromatic rings. The first-order valence-corrected chi connectivity index (χ1v) is 16.1. The number of rotatable bonds is 26. The van der Waals surface area contributed by atoms with Crippen molar-refractivity contribution in [3.63, 3.8) is 0 Å². The molecule has 2 amide bonds. The van der Waals surface area contributed by atoms with E-state index in [1.807, 2.05) is 0 Å². The molecule has 0 aliphatic rings. The maximum atomic E-state index is 12.8. The van der Waals surface area contributed by atoms with Gasteiger partial charge < -0.3 is 10.6 Å². The second-order valence-corrected chi connectivity index (χ2v) is 10.8. The zero-order chi connectivity index (χ0) is 27.9. The fourth-order valence-corrected chi connectivity index (χ4v) is 4.61. The van der Waals surface area contributed by atoms with Crippen LogP contribution in [0.2, 0.25) is 0 Å². The van der Waals surface area contributed by atoms with Crippen molar-refractivity contribution in [2.45, 2.75) is 168 Å². The lowest BCUT2D eigenvalue weighted by atomic mass is 10.1. The number of nitrogens with zero attached hydrogens (tertiary/aromatic N) is 1. The van der Waals surface area contributed by atoms with E-state index in [-0.39, 0.29) is 5.91 Å². The molecule has 0 rings (SSSR count). The van der Waals surface area contributed by atoms with Crippen LogP contribution in [0.1, 0.15) is 168 Å². The van der Waals surface area contributed by atoms with Crippen LogP contribution in [-0.2, 0) is 9.59 Å². The highest BCUT2D eigenvalue weighted by Gasteiger charge is 2.12. The minimum absolute atomic E-state index is 0.190. The lowest BCUT2D eigenvalue weighted by Crippen LogP contribution is -2.32. The Balaban J connectivity index is 3.71. The van der Waals surface area contributed by atoms with E-state index < -0.39 is 0 Å². The van der Waals surface area contributed by atoms with Crippen LogP contribution >= 0.6 is 0 Å². The Hall–Kier alpha value is -1.94. The van der Waals surface area contributed by atoms with Gasteiger partial charge in [-0.3, -0.25) is 9.59 Å². The average Bonchev–Trinajstić information content (AvgIpc) is 2.90. The molecule has 2 N–H and O–H groups in total. The highest BCUT2D eigenvalue weighted by atomic mass is 16.2. The van der Waals surface area contributed by atoms with E-state index >= 15 is 0 Å². The standard InChI is InChI=1S/C34H60N2O2/c1-3-5-7-27-31-36(32-28-8-6-4-2)34(38)30-26-24-22-20-18-16-14-12-10-9-11-13-15-17-19-21-23-25-29-33(35)37/h3-8,13-32H2,1-2H3,(H2,35,37). The molecule has 0 atom stereocenters. The van der Waals surface area contributed by atoms with Crippen molar-refractivity contribution in [2.75, 3.05) is 13.1 Å². The van der Waals surface area contributed by atoms with Crippen LogP contribution in [-0.4, -0.2) is 29.8 Å². The first kappa shape index (κ1) is 36.1. The van der Waals surface area contributed by atoms with E-state index in [9.17, 15) is 9.59 Å². The number of unbranched alkanes of at least 4 members (excludes halogenated alkanes) is 18. The molecule has 0 heterocycles. The molecule has 4 heteroatoms. The number of nitrogens with two attached hydrogens (primary N) is 1. The number of carbonyl (C=O) groups is 2. The van der Waals surface area contributed by atoms with Gasteiger partial charge in [0.2, 0.25) is 11.8 Å². The van der Waals surface area contributed by atoms with Crippen molar-refractivity contribution >= 4 is 11.8 Å². The first-order chi connectivity index (χ1) is 18.6. The number of primary amides is 1. The third-order valence-electron chi connectivity index (χ3n) is 7.07. The van der Waals surface area contributed by atoms with Crippen LogP contribution in [0.3, 0.4) is 0 Å². The minimum atomic E-state index is -0.190. The van der Waals surface area contributed by atoms with Crippen molar-refractivity contribution in [1.82, 2.24) is 4.90 Å². The molecule has 0 spiro atoms. The number of hydrogen-bond acceptors (Lipinski definition) is 2. The van der Waals surface area contributed by atoms with Gasteiger partial charge in [-0.2, -0.15) is 0 Å². The second kappa shape index (κ2) is 29.6. The Bertz CT molecular complexity index is 668. The van der Waals surface area contributed by atoms with Crippen LogP contribution in [0.5, 0.6) is 0 Å². The molecular formula is C34H60N2O2. The highest BCUT2D eigenvalue weighted by Crippen LogP contribution is 2.12. The van der Waals surface area contributed by atoms with E-state index in [4.69, 9.17) is 5.73 Å². The number of hydrogen-bond donors (Lipinski definition) is 1. The van der Waals surface area contributed by atoms with Gasteiger partial charge in [-0.25, -0.2) is 0 Å². The summed E-state index contributed by atoms with van der Waals surface area (Å²) in [5.41, 5.74) is 5.14. The van der Waals surface area contributed by atoms with Crippen molar-refractivity contribution in [3.05, 3.63) is 0 Å². The Morgan fingerprint density at radius 1 is 0.526 bits per heavy atom. The van der Waals surface area contributed by atoms with Gasteiger partial charge in [0.05, 0.1) is 0 Å². The molecule has 0 bridgehead atoms. The van der Waals surface area contributed by atoms with Gasteiger partial charge in [0, 0.05) is 38.8 Å². The minimum Gasteiger partial charge on any atom is -0.370 e. The predicted octanol–water partition coefficient (Wildman–Crippen LogP) is 8.71. The third kappa shape index (κ3) is 27.1. The van der Waals surface area contributed by atoms with Gasteiger partial charge in [0.1, 0.15) is 0 Å². The average molecular weight is 529 g/mol. The zero-order valence-corrected chi connectivity index (χ0v) is 25.2. The van der Waals surface area contributed by atoms with E-state index in [2.05, 4.69) is 42.4 Å². The van der Waals surface area contributed by atoms with Crippen molar-refractivity contribution in [2.24, 2.45) is 5.73 Å². The summed E-state index contributed by atoms with van der Waals surface area (Å²) in [6.45, 7) is 6.39. The van der Waals surface area contributed by atoms with Crippen LogP contribution in [0.25, 0.3) is 0 Å². The molecular weight excluding hydrogens is 468 g/mol. The summed E-state index contributed by atoms with van der Waals surface area (Å²) >= 11 is 0. The largest absolute Gasteiger partial charge is 0.370 e. The van der Waals surface area contributed by atoms with Crippen LogP contribution in [0.15, 0.2) is 0 Å². The summed E-state index contributed by atoms with van der Waals surface area (Å²) in [6.07, 6.45) is 26.7. The molecule has 0 saturated heterocycles. The summed E-state index contributed by atoms with van der Waals surface area (Å²) in [5, 5.41) is 0. The Morgan fingerprint density at radius 3 is 1.37 bits per heavy atom. The fraction of sp³-hybridized carbons (Fsp3) is 0.824. The fourth-order valence-electron chi connectivity index (χ4n) is 4.61. The molecule has 0 radical (unpaired) electrons. The summed E-state index contributed by atoms with van der Waals surface area (Å²) in [5.74, 6) is 12.5. The predicted molar refractivity (Wildman–Crippen MR) is 163 cm³/mol. The van der Waals surface area contributed by atoms with Crippen molar-refractivity contribution in [1.29, 1.82) is 0 Å². The topological polar surface area (TPSA) is 63.4 Å². The molecule has 0 saturated carbocycles. The van der Waals surface area contributed by atoms with Gasteiger partial charge in [0.25, 0.3) is 0 Å². The highest BCUT2D eigenvalue weighted by molar-refractivity contribution is 5.76. The number of amides is 2. The van der Waals surface area contributed by atoms with Crippen LogP contribution < -0.4 is 5.73 Å². The zero-order valence-electron chi connectivity index (χ0n) is 25.2. The van der Waals surface area contributed by atoms with Crippen molar-refractivity contribution in [3.8, 4) is 23.7 Å². The van der Waals surface area contributed by atoms with E-state index in [0.717, 1.165) is 83.7 Å². The van der Waals surface area contributed by atoms with Gasteiger partial charge in [0.15, 0.2) is 0 Å². The molecule has 4 nitrogen and oxygen atoms in total. The summed E-state index contributed by atoms with van der Waals surface area (Å²) in [6, 6.07) is 0. The van der Waals surface area contributed by atoms with Gasteiger partial charge in [-0.15, -0.1) is 0 Å². The SMILES string of the molecule is CCCCCCN(CCCCCC)C(=O)CCCCCCCCC#CC#CCCCCCCCCC(N)=O. The first-order valence-electron chi connectivity index (χ1n) is 16.1. The van der Waals surface area contributed by atoms with E-state index in [0.29, 0.717) is 12.3 Å². The number of carbonyl (C=O) groups excluding carboxylic acids is 2. The van der Waals surface area contributed by atoms with Gasteiger partial charge in [-0.1, -0.05) is 116 Å². The molecule has 0 aromatic carbocycles. The summed E-state index contributed by atoms with van der Waals surface area (Å²) in [4.78, 5) is 25.6. The Morgan fingerprint density at radius 2 is 0.921 bits per heavy atom. The molecule has 0 aliphatic carbocycles. The maximum Gasteiger partial charge on any atom is 0.222 e. The van der Waals surface area contributed by atoms with Gasteiger partial charge in [-0.05, 0) is 50.4 Å². The molecule has 0 aliphatic heterocycles. The van der Waals surface area contributed by atoms with Crippen molar-refractivity contribution < 1.29 is 9.59 Å². The normalized spacial score (nSPS) is 10.4. The lowest BCUT2D eigenvalue weighted by Gasteiger charge is -2.23. The Labute approximate surface area is 236 Å². The smallest absolute Gasteiger partial charge is 0.222 e. The van der Waals surface area contributed by atoms with Gasteiger partial charge >= 0.3 is 0 Å². The van der Waals surface area contributed by atoms with Crippen LogP contribution in [0.4, 0.5) is 0 Å². The van der Waals surface area contributed by atoms with E-state index in [1.54, 1.807) is 0 Å². The maximum absolute atomic E-state index is 12.8. The van der Waals surface area contributed by atoms with E-state index in [1.165, 1.54) is 77.0 Å². The molecule has 38 heavy (non-hydrogen) atoms. The third-order valence-corrected chi connectivity index (χ3v) is 7.07.